The van der Waals surface area contributed by atoms with E-state index in [0.29, 0.717) is 6.04 Å². The zero-order valence-electron chi connectivity index (χ0n) is 9.03. The molecule has 1 atom stereocenters. The summed E-state index contributed by atoms with van der Waals surface area (Å²) < 4.78 is 1.13. The highest BCUT2D eigenvalue weighted by atomic mass is 79.9. The van der Waals surface area contributed by atoms with Gasteiger partial charge in [0, 0.05) is 25.0 Å². The third kappa shape index (κ3) is 2.31. The number of halogens is 1. The summed E-state index contributed by atoms with van der Waals surface area (Å²) in [7, 11) is 2.14. The average Bonchev–Trinajstić information content (AvgIpc) is 2.74. The Morgan fingerprint density at radius 2 is 2.40 bits per heavy atom. The van der Waals surface area contributed by atoms with Crippen molar-refractivity contribution in [1.29, 1.82) is 0 Å². The highest BCUT2D eigenvalue weighted by molar-refractivity contribution is 9.10. The lowest BCUT2D eigenvalue weighted by molar-refractivity contribution is 0.690. The number of nitrogens with zero attached hydrogens (tertiary/aromatic N) is 2. The molecule has 2 nitrogen and oxygen atoms in total. The minimum atomic E-state index is 0.639. The van der Waals surface area contributed by atoms with Gasteiger partial charge >= 0.3 is 0 Å². The Morgan fingerprint density at radius 1 is 1.60 bits per heavy atom. The molecule has 1 aromatic heterocycles. The van der Waals surface area contributed by atoms with E-state index in [1.165, 1.54) is 23.5 Å². The van der Waals surface area contributed by atoms with Gasteiger partial charge in [-0.1, -0.05) is 0 Å². The van der Waals surface area contributed by atoms with Gasteiger partial charge in [0.2, 0.25) is 0 Å². The first-order valence-corrected chi connectivity index (χ1v) is 7.06. The fourth-order valence-corrected chi connectivity index (χ4v) is 3.55. The summed E-state index contributed by atoms with van der Waals surface area (Å²) in [5, 5.41) is 0. The second-order valence-electron chi connectivity index (χ2n) is 3.89. The molecule has 2 heterocycles. The van der Waals surface area contributed by atoms with Crippen molar-refractivity contribution in [3.05, 3.63) is 22.3 Å². The molecular weight excluding hydrogens is 272 g/mol. The lowest BCUT2D eigenvalue weighted by Gasteiger charge is -2.26. The second kappa shape index (κ2) is 4.74. The van der Waals surface area contributed by atoms with Gasteiger partial charge in [0.05, 0.1) is 4.47 Å². The summed E-state index contributed by atoms with van der Waals surface area (Å²) in [6.07, 6.45) is 3.15. The molecule has 0 aliphatic carbocycles. The molecule has 82 valence electrons. The number of thioether (sulfide) groups is 1. The van der Waals surface area contributed by atoms with E-state index in [1.54, 1.807) is 0 Å². The summed E-state index contributed by atoms with van der Waals surface area (Å²) in [4.78, 5) is 6.76. The maximum Gasteiger partial charge on any atom is 0.143 e. The van der Waals surface area contributed by atoms with E-state index in [9.17, 15) is 0 Å². The van der Waals surface area contributed by atoms with Gasteiger partial charge in [-0.15, -0.1) is 0 Å². The van der Waals surface area contributed by atoms with Gasteiger partial charge in [-0.2, -0.15) is 11.8 Å². The fourth-order valence-electron chi connectivity index (χ4n) is 1.77. The van der Waals surface area contributed by atoms with Crippen LogP contribution in [-0.2, 0) is 0 Å². The normalized spacial score (nSPS) is 20.6. The predicted octanol–water partition coefficient (Wildman–Crippen LogP) is 3.09. The van der Waals surface area contributed by atoms with E-state index in [2.05, 4.69) is 39.8 Å². The molecule has 2 rings (SSSR count). The SMILES string of the molecule is Cc1ccnc(N(C)C2CCSC2)c1Br. The standard InChI is InChI=1S/C11H15BrN2S/c1-8-3-5-13-11(10(8)12)14(2)9-4-6-15-7-9/h3,5,9H,4,6-7H2,1-2H3. The number of hydrogen-bond acceptors (Lipinski definition) is 3. The third-order valence-corrected chi connectivity index (χ3v) is 4.98. The van der Waals surface area contributed by atoms with E-state index in [0.717, 1.165) is 10.3 Å². The Balaban J connectivity index is 2.24. The van der Waals surface area contributed by atoms with Crippen LogP contribution in [0.25, 0.3) is 0 Å². The summed E-state index contributed by atoms with van der Waals surface area (Å²) in [5.41, 5.74) is 1.25. The van der Waals surface area contributed by atoms with Crippen LogP contribution in [0, 0.1) is 6.92 Å². The zero-order valence-corrected chi connectivity index (χ0v) is 11.4. The Morgan fingerprint density at radius 3 is 3.07 bits per heavy atom. The minimum Gasteiger partial charge on any atom is -0.355 e. The van der Waals surface area contributed by atoms with Crippen LogP contribution in [0.2, 0.25) is 0 Å². The van der Waals surface area contributed by atoms with Crippen LogP contribution in [0.15, 0.2) is 16.7 Å². The molecule has 0 saturated carbocycles. The fraction of sp³-hybridized carbons (Fsp3) is 0.545. The topological polar surface area (TPSA) is 16.1 Å². The molecule has 4 heteroatoms. The van der Waals surface area contributed by atoms with Gasteiger partial charge in [0.1, 0.15) is 5.82 Å². The van der Waals surface area contributed by atoms with Gasteiger partial charge < -0.3 is 4.90 Å². The lowest BCUT2D eigenvalue weighted by atomic mass is 10.2. The molecular formula is C11H15BrN2S. The van der Waals surface area contributed by atoms with Crippen LogP contribution in [-0.4, -0.2) is 29.6 Å². The Hall–Kier alpha value is -0.220. The monoisotopic (exact) mass is 286 g/mol. The summed E-state index contributed by atoms with van der Waals surface area (Å²) in [6.45, 7) is 2.10. The maximum atomic E-state index is 4.45. The predicted molar refractivity (Wildman–Crippen MR) is 70.8 cm³/mol. The first kappa shape index (κ1) is 11.3. The molecule has 15 heavy (non-hydrogen) atoms. The van der Waals surface area contributed by atoms with Crippen LogP contribution < -0.4 is 4.90 Å². The van der Waals surface area contributed by atoms with E-state index in [-0.39, 0.29) is 0 Å². The van der Waals surface area contributed by atoms with Gasteiger partial charge in [-0.05, 0) is 46.7 Å². The van der Waals surface area contributed by atoms with Crippen molar-refractivity contribution in [1.82, 2.24) is 4.98 Å². The summed E-state index contributed by atoms with van der Waals surface area (Å²) in [6, 6.07) is 2.67. The minimum absolute atomic E-state index is 0.639. The van der Waals surface area contributed by atoms with Crippen molar-refractivity contribution >= 4 is 33.5 Å². The quantitative estimate of drug-likeness (QED) is 0.831. The maximum absolute atomic E-state index is 4.45. The summed E-state index contributed by atoms with van der Waals surface area (Å²) >= 11 is 5.65. The Bertz CT molecular complexity index is 350. The first-order chi connectivity index (χ1) is 7.20. The van der Waals surface area contributed by atoms with Crippen molar-refractivity contribution < 1.29 is 0 Å². The van der Waals surface area contributed by atoms with Gasteiger partial charge in [-0.25, -0.2) is 4.98 Å². The molecule has 0 radical (unpaired) electrons. The average molecular weight is 287 g/mol. The van der Waals surface area contributed by atoms with E-state index >= 15 is 0 Å². The molecule has 1 fully saturated rings. The van der Waals surface area contributed by atoms with Crippen molar-refractivity contribution in [2.75, 3.05) is 23.5 Å². The zero-order chi connectivity index (χ0) is 10.8. The van der Waals surface area contributed by atoms with Crippen LogP contribution in [0.4, 0.5) is 5.82 Å². The van der Waals surface area contributed by atoms with Crippen LogP contribution in [0.3, 0.4) is 0 Å². The van der Waals surface area contributed by atoms with E-state index in [4.69, 9.17) is 0 Å². The number of pyridine rings is 1. The molecule has 1 saturated heterocycles. The van der Waals surface area contributed by atoms with Crippen LogP contribution in [0.1, 0.15) is 12.0 Å². The van der Waals surface area contributed by atoms with Gasteiger partial charge in [0.25, 0.3) is 0 Å². The molecule has 0 spiro atoms. The molecule has 1 aliphatic heterocycles. The number of anilines is 1. The largest absolute Gasteiger partial charge is 0.355 e. The van der Waals surface area contributed by atoms with Crippen molar-refractivity contribution in [3.8, 4) is 0 Å². The van der Waals surface area contributed by atoms with Crippen LogP contribution >= 0.6 is 27.7 Å². The van der Waals surface area contributed by atoms with Crippen LogP contribution in [0.5, 0.6) is 0 Å². The molecule has 0 N–H and O–H groups in total. The Labute approximate surface area is 104 Å². The number of rotatable bonds is 2. The van der Waals surface area contributed by atoms with Gasteiger partial charge in [-0.3, -0.25) is 0 Å². The molecule has 0 bridgehead atoms. The Kier molecular flexibility index (Phi) is 3.57. The van der Waals surface area contributed by atoms with E-state index in [1.807, 2.05) is 24.0 Å². The highest BCUT2D eigenvalue weighted by Crippen LogP contribution is 2.30. The van der Waals surface area contributed by atoms with Crippen molar-refractivity contribution in [2.24, 2.45) is 0 Å². The number of hydrogen-bond donors (Lipinski definition) is 0. The molecule has 1 aliphatic rings. The molecule has 1 aromatic rings. The molecule has 0 aromatic carbocycles. The number of aromatic nitrogens is 1. The van der Waals surface area contributed by atoms with Crippen molar-refractivity contribution in [2.45, 2.75) is 19.4 Å². The first-order valence-electron chi connectivity index (χ1n) is 5.12. The lowest BCUT2D eigenvalue weighted by Crippen LogP contribution is -2.32. The smallest absolute Gasteiger partial charge is 0.143 e. The van der Waals surface area contributed by atoms with Crippen molar-refractivity contribution in [3.63, 3.8) is 0 Å². The molecule has 1 unspecified atom stereocenters. The van der Waals surface area contributed by atoms with E-state index < -0.39 is 0 Å². The third-order valence-electron chi connectivity index (χ3n) is 2.85. The highest BCUT2D eigenvalue weighted by Gasteiger charge is 2.22. The second-order valence-corrected chi connectivity index (χ2v) is 5.84. The summed E-state index contributed by atoms with van der Waals surface area (Å²) in [5.74, 6) is 3.57. The van der Waals surface area contributed by atoms with Gasteiger partial charge in [0.15, 0.2) is 0 Å². The molecule has 0 amide bonds. The number of aryl methyl sites for hydroxylation is 1.